The van der Waals surface area contributed by atoms with Crippen LogP contribution < -0.4 is 10.5 Å². The summed E-state index contributed by atoms with van der Waals surface area (Å²) >= 11 is 1.36. The molecular formula is C19H26Cl2FN3O2S. The minimum Gasteiger partial charge on any atom is -0.486 e. The maximum absolute atomic E-state index is 13.0. The van der Waals surface area contributed by atoms with Gasteiger partial charge in [-0.05, 0) is 57.4 Å². The number of benzene rings is 1. The summed E-state index contributed by atoms with van der Waals surface area (Å²) in [6.45, 7) is 4.79. The van der Waals surface area contributed by atoms with Gasteiger partial charge >= 0.3 is 0 Å². The van der Waals surface area contributed by atoms with Crippen LogP contribution in [0.2, 0.25) is 0 Å². The Morgan fingerprint density at radius 2 is 2.04 bits per heavy atom. The normalized spacial score (nSPS) is 17.3. The Kier molecular flexibility index (Phi) is 9.63. The molecule has 28 heavy (non-hydrogen) atoms. The molecule has 0 saturated carbocycles. The quantitative estimate of drug-likeness (QED) is 0.735. The lowest BCUT2D eigenvalue weighted by Gasteiger charge is -2.37. The number of piperidine rings is 1. The molecule has 1 aromatic heterocycles. The second-order valence-electron chi connectivity index (χ2n) is 6.69. The number of carbonyl (C=O) groups excluding carboxylic acids is 1. The second kappa shape index (κ2) is 11.0. The molecule has 2 heterocycles. The summed E-state index contributed by atoms with van der Waals surface area (Å²) in [5.74, 6) is 0.274. The molecule has 1 amide bonds. The summed E-state index contributed by atoms with van der Waals surface area (Å²) in [5, 5.41) is 0.726. The predicted molar refractivity (Wildman–Crippen MR) is 114 cm³/mol. The van der Waals surface area contributed by atoms with Gasteiger partial charge in [-0.2, -0.15) is 0 Å². The van der Waals surface area contributed by atoms with E-state index in [9.17, 15) is 9.18 Å². The van der Waals surface area contributed by atoms with Gasteiger partial charge in [0.25, 0.3) is 5.91 Å². The average Bonchev–Trinajstić information content (AvgIpc) is 3.01. The summed E-state index contributed by atoms with van der Waals surface area (Å²) in [4.78, 5) is 20.0. The smallest absolute Gasteiger partial charge is 0.266 e. The number of nitrogens with two attached hydrogens (primary N) is 1. The number of aromatic nitrogens is 1. The second-order valence-corrected chi connectivity index (χ2v) is 7.77. The summed E-state index contributed by atoms with van der Waals surface area (Å²) in [6, 6.07) is 5.88. The molecule has 3 rings (SSSR count). The largest absolute Gasteiger partial charge is 0.486 e. The highest BCUT2D eigenvalue weighted by Crippen LogP contribution is 2.26. The molecule has 0 spiro atoms. The van der Waals surface area contributed by atoms with Gasteiger partial charge in [-0.1, -0.05) is 0 Å². The van der Waals surface area contributed by atoms with Crippen molar-refractivity contribution in [1.82, 2.24) is 9.88 Å². The summed E-state index contributed by atoms with van der Waals surface area (Å²) < 4.78 is 18.6. The predicted octanol–water partition coefficient (Wildman–Crippen LogP) is 4.36. The standard InChI is InChI=1S/C19H24FN3O2S.2ClH/c1-12(21)16-5-3-4-10-23(16)19(24)18-13(2)22-17(26-18)11-25-15-8-6-14(20)7-9-15;;/h6-9,12,16H,3-5,10-11,21H2,1-2H3;2*1H. The molecule has 9 heteroatoms. The van der Waals surface area contributed by atoms with Crippen LogP contribution in [0.4, 0.5) is 4.39 Å². The number of carbonyl (C=O) groups is 1. The van der Waals surface area contributed by atoms with E-state index in [1.807, 2.05) is 18.7 Å². The van der Waals surface area contributed by atoms with Crippen LogP contribution in [0.3, 0.4) is 0 Å². The van der Waals surface area contributed by atoms with Gasteiger partial charge in [0.15, 0.2) is 0 Å². The Morgan fingerprint density at radius 1 is 1.36 bits per heavy atom. The van der Waals surface area contributed by atoms with E-state index in [0.29, 0.717) is 16.3 Å². The van der Waals surface area contributed by atoms with Crippen molar-refractivity contribution in [2.24, 2.45) is 5.73 Å². The van der Waals surface area contributed by atoms with E-state index in [0.717, 1.165) is 30.8 Å². The monoisotopic (exact) mass is 449 g/mol. The zero-order valence-corrected chi connectivity index (χ0v) is 18.3. The van der Waals surface area contributed by atoms with Gasteiger partial charge in [0.1, 0.15) is 28.1 Å². The Balaban J connectivity index is 0.00000196. The highest BCUT2D eigenvalue weighted by molar-refractivity contribution is 7.13. The number of thiazole rings is 1. The molecular weight excluding hydrogens is 424 g/mol. The molecule has 1 aliphatic heterocycles. The van der Waals surface area contributed by atoms with Gasteiger partial charge in [-0.3, -0.25) is 4.79 Å². The first-order valence-corrected chi connectivity index (χ1v) is 9.68. The van der Waals surface area contributed by atoms with Crippen LogP contribution in [0, 0.1) is 12.7 Å². The highest BCUT2D eigenvalue weighted by atomic mass is 35.5. The summed E-state index contributed by atoms with van der Waals surface area (Å²) in [6.07, 6.45) is 3.06. The average molecular weight is 450 g/mol. The number of ether oxygens (including phenoxy) is 1. The molecule has 2 aromatic rings. The van der Waals surface area contributed by atoms with Crippen LogP contribution in [0.15, 0.2) is 24.3 Å². The molecule has 0 radical (unpaired) electrons. The summed E-state index contributed by atoms with van der Waals surface area (Å²) in [7, 11) is 0. The van der Waals surface area contributed by atoms with Crippen molar-refractivity contribution in [3.05, 3.63) is 45.7 Å². The highest BCUT2D eigenvalue weighted by Gasteiger charge is 2.31. The minimum atomic E-state index is -0.305. The van der Waals surface area contributed by atoms with Gasteiger partial charge in [-0.15, -0.1) is 36.2 Å². The zero-order chi connectivity index (χ0) is 18.7. The lowest BCUT2D eigenvalue weighted by Crippen LogP contribution is -2.51. The number of amides is 1. The number of nitrogens with zero attached hydrogens (tertiary/aromatic N) is 2. The maximum atomic E-state index is 13.0. The number of hydrogen-bond donors (Lipinski definition) is 1. The van der Waals surface area contributed by atoms with Crippen molar-refractivity contribution in [3.63, 3.8) is 0 Å². The number of hydrogen-bond acceptors (Lipinski definition) is 5. The topological polar surface area (TPSA) is 68.5 Å². The van der Waals surface area contributed by atoms with Gasteiger partial charge in [0.2, 0.25) is 0 Å². The molecule has 5 nitrogen and oxygen atoms in total. The molecule has 0 aliphatic carbocycles. The fraction of sp³-hybridized carbons (Fsp3) is 0.474. The number of rotatable bonds is 5. The molecule has 1 saturated heterocycles. The van der Waals surface area contributed by atoms with Crippen molar-refractivity contribution < 1.29 is 13.9 Å². The van der Waals surface area contributed by atoms with Crippen molar-refractivity contribution in [3.8, 4) is 5.75 Å². The van der Waals surface area contributed by atoms with Gasteiger partial charge in [0, 0.05) is 18.6 Å². The maximum Gasteiger partial charge on any atom is 0.266 e. The third-order valence-corrected chi connectivity index (χ3v) is 5.75. The van der Waals surface area contributed by atoms with Crippen LogP contribution in [0.25, 0.3) is 0 Å². The third-order valence-electron chi connectivity index (χ3n) is 4.63. The van der Waals surface area contributed by atoms with Crippen LogP contribution >= 0.6 is 36.2 Å². The van der Waals surface area contributed by atoms with Crippen molar-refractivity contribution >= 4 is 42.1 Å². The number of likely N-dealkylation sites (tertiary alicyclic amines) is 1. The Hall–Kier alpha value is -1.41. The third kappa shape index (κ3) is 5.80. The van der Waals surface area contributed by atoms with Crippen LogP contribution in [0.1, 0.15) is 46.6 Å². The van der Waals surface area contributed by atoms with E-state index in [-0.39, 0.29) is 55.2 Å². The number of aryl methyl sites for hydroxylation is 1. The lowest BCUT2D eigenvalue weighted by atomic mass is 9.96. The fourth-order valence-corrected chi connectivity index (χ4v) is 4.21. The van der Waals surface area contributed by atoms with Gasteiger partial charge < -0.3 is 15.4 Å². The van der Waals surface area contributed by atoms with Crippen molar-refractivity contribution in [2.45, 2.75) is 51.8 Å². The van der Waals surface area contributed by atoms with Gasteiger partial charge in [-0.25, -0.2) is 9.37 Å². The Morgan fingerprint density at radius 3 is 2.68 bits per heavy atom. The first kappa shape index (κ1) is 24.6. The van der Waals surface area contributed by atoms with E-state index >= 15 is 0 Å². The van der Waals surface area contributed by atoms with E-state index < -0.39 is 0 Å². The molecule has 0 bridgehead atoms. The first-order chi connectivity index (χ1) is 12.5. The van der Waals surface area contributed by atoms with Gasteiger partial charge in [0.05, 0.1) is 5.69 Å². The molecule has 2 atom stereocenters. The Bertz CT molecular complexity index is 771. The van der Waals surface area contributed by atoms with Crippen LogP contribution in [0.5, 0.6) is 5.75 Å². The molecule has 156 valence electrons. The van der Waals surface area contributed by atoms with Crippen molar-refractivity contribution in [1.29, 1.82) is 0 Å². The number of halogens is 3. The molecule has 1 aliphatic rings. The molecule has 2 unspecified atom stereocenters. The minimum absolute atomic E-state index is 0. The van der Waals surface area contributed by atoms with Crippen LogP contribution in [-0.2, 0) is 6.61 Å². The van der Waals surface area contributed by atoms with E-state index in [1.54, 1.807) is 12.1 Å². The molecule has 1 fully saturated rings. The SMILES string of the molecule is Cc1nc(COc2ccc(F)cc2)sc1C(=O)N1CCCCC1C(C)N.Cl.Cl. The fourth-order valence-electron chi connectivity index (χ4n) is 3.27. The zero-order valence-electron chi connectivity index (χ0n) is 15.9. The van der Waals surface area contributed by atoms with Crippen molar-refractivity contribution in [2.75, 3.05) is 6.54 Å². The van der Waals surface area contributed by atoms with Crippen LogP contribution in [-0.4, -0.2) is 34.4 Å². The van der Waals surface area contributed by atoms with E-state index in [2.05, 4.69) is 4.98 Å². The summed E-state index contributed by atoms with van der Waals surface area (Å²) in [5.41, 5.74) is 6.80. The van der Waals surface area contributed by atoms with E-state index in [4.69, 9.17) is 10.5 Å². The Labute approximate surface area is 181 Å². The van der Waals surface area contributed by atoms with E-state index in [1.165, 1.54) is 23.5 Å². The lowest BCUT2D eigenvalue weighted by molar-refractivity contribution is 0.0588. The molecule has 1 aromatic carbocycles. The first-order valence-electron chi connectivity index (χ1n) is 8.87. The molecule has 2 N–H and O–H groups in total.